The molecular formula is C16H17F6O3PS. The molecule has 1 unspecified atom stereocenters. The van der Waals surface area contributed by atoms with Gasteiger partial charge in [0.2, 0.25) is 0 Å². The van der Waals surface area contributed by atoms with Gasteiger partial charge in [-0.1, -0.05) is 30.3 Å². The van der Waals surface area contributed by atoms with Crippen LogP contribution in [0.2, 0.25) is 0 Å². The fourth-order valence-corrected chi connectivity index (χ4v) is 3.25. The average molecular weight is 434 g/mol. The summed E-state index contributed by atoms with van der Waals surface area (Å²) in [6, 6.07) is 18.0. The summed E-state index contributed by atoms with van der Waals surface area (Å²) in [5.74, 6) is 1.51. The van der Waals surface area contributed by atoms with Crippen molar-refractivity contribution in [3.63, 3.8) is 0 Å². The molecule has 0 amide bonds. The van der Waals surface area contributed by atoms with Crippen molar-refractivity contribution in [3.05, 3.63) is 60.2 Å². The number of carbonyl (C=O) groups excluding carboxylic acids is 1. The summed E-state index contributed by atoms with van der Waals surface area (Å²) in [4.78, 5) is 12.2. The molecule has 0 aliphatic heterocycles. The van der Waals surface area contributed by atoms with E-state index in [1.165, 1.54) is 17.6 Å². The van der Waals surface area contributed by atoms with Crippen LogP contribution in [0.3, 0.4) is 0 Å². The van der Waals surface area contributed by atoms with E-state index < -0.39 is 14.0 Å². The molecule has 152 valence electrons. The normalized spacial score (nSPS) is 14.7. The Bertz CT molecular complexity index is 740. The first-order valence-corrected chi connectivity index (χ1v) is 11.1. The van der Waals surface area contributed by atoms with Gasteiger partial charge in [-0.05, 0) is 24.3 Å². The molecule has 0 saturated heterocycles. The summed E-state index contributed by atoms with van der Waals surface area (Å²) in [7, 11) is -9.24. The minimum absolute atomic E-state index is 0.121. The molecule has 2 aromatic carbocycles. The average Bonchev–Trinajstić information content (AvgIpc) is 2.53. The molecule has 0 spiro atoms. The molecule has 2 rings (SSSR count). The second-order valence-electron chi connectivity index (χ2n) is 5.25. The molecule has 0 heterocycles. The molecule has 0 saturated carbocycles. The molecule has 2 aromatic rings. The number of halogens is 6. The van der Waals surface area contributed by atoms with Crippen LogP contribution in [-0.4, -0.2) is 19.5 Å². The van der Waals surface area contributed by atoms with E-state index in [0.717, 1.165) is 5.75 Å². The van der Waals surface area contributed by atoms with Gasteiger partial charge in [-0.3, -0.25) is 0 Å². The van der Waals surface area contributed by atoms with E-state index in [-0.39, 0.29) is 10.9 Å². The van der Waals surface area contributed by atoms with Crippen LogP contribution >= 0.6 is 7.81 Å². The number of ether oxygens (including phenoxy) is 2. The van der Waals surface area contributed by atoms with Crippen molar-refractivity contribution < 1.29 is 39.4 Å². The van der Waals surface area contributed by atoms with Crippen LogP contribution in [0.25, 0.3) is 0 Å². The Morgan fingerprint density at radius 1 is 0.926 bits per heavy atom. The van der Waals surface area contributed by atoms with E-state index in [4.69, 9.17) is 4.74 Å². The van der Waals surface area contributed by atoms with Crippen LogP contribution in [0.15, 0.2) is 59.5 Å². The second kappa shape index (κ2) is 7.98. The monoisotopic (exact) mass is 434 g/mol. The standard InChI is InChI=1S/C16H17O3S.F6P/c1-18-16(17)19-14-8-10-15(11-9-14)20(2)12-13-6-4-3-5-7-13;1-7(2,3,4,5)6/h3-11H,12H2,1-2H3;/q+1;-1. The molecule has 0 N–H and O–H groups in total. The summed E-state index contributed by atoms with van der Waals surface area (Å²) < 4.78 is 68.6. The number of hydrogen-bond acceptors (Lipinski definition) is 3. The Kier molecular flexibility index (Phi) is 6.83. The van der Waals surface area contributed by atoms with Gasteiger partial charge in [-0.25, -0.2) is 4.79 Å². The molecule has 0 radical (unpaired) electrons. The van der Waals surface area contributed by atoms with Crippen LogP contribution in [0.1, 0.15) is 5.56 Å². The molecule has 0 aliphatic rings. The van der Waals surface area contributed by atoms with Crippen molar-refractivity contribution >= 4 is 24.9 Å². The summed E-state index contributed by atoms with van der Waals surface area (Å²) in [5.41, 5.74) is 1.33. The first-order chi connectivity index (χ1) is 12.1. The van der Waals surface area contributed by atoms with Crippen molar-refractivity contribution in [1.29, 1.82) is 0 Å². The van der Waals surface area contributed by atoms with Crippen LogP contribution in [0, 0.1) is 0 Å². The first-order valence-electron chi connectivity index (χ1n) is 7.23. The van der Waals surface area contributed by atoms with Crippen molar-refractivity contribution in [3.8, 4) is 5.75 Å². The SMILES string of the molecule is COC(=O)Oc1ccc([S+](C)Cc2ccccc2)cc1.F[P-](F)(F)(F)(F)F. The topological polar surface area (TPSA) is 35.5 Å². The van der Waals surface area contributed by atoms with Gasteiger partial charge in [0.15, 0.2) is 4.90 Å². The van der Waals surface area contributed by atoms with Crippen LogP contribution in [0.4, 0.5) is 30.0 Å². The minimum atomic E-state index is -10.7. The van der Waals surface area contributed by atoms with Gasteiger partial charge < -0.3 is 9.47 Å². The Hall–Kier alpha value is -1.93. The van der Waals surface area contributed by atoms with Gasteiger partial charge >= 0.3 is 39.1 Å². The van der Waals surface area contributed by atoms with E-state index in [0.29, 0.717) is 5.75 Å². The predicted octanol–water partition coefficient (Wildman–Crippen LogP) is 7.02. The van der Waals surface area contributed by atoms with Crippen LogP contribution < -0.4 is 4.74 Å². The fourth-order valence-electron chi connectivity index (χ4n) is 1.79. The number of rotatable bonds is 4. The maximum atomic E-state index is 11.0. The van der Waals surface area contributed by atoms with Gasteiger partial charge in [-0.15, -0.1) is 0 Å². The van der Waals surface area contributed by atoms with E-state index >= 15 is 0 Å². The van der Waals surface area contributed by atoms with Crippen LogP contribution in [0.5, 0.6) is 5.75 Å². The Morgan fingerprint density at radius 3 is 1.85 bits per heavy atom. The molecule has 0 fully saturated rings. The van der Waals surface area contributed by atoms with Gasteiger partial charge in [0.25, 0.3) is 0 Å². The summed E-state index contributed by atoms with van der Waals surface area (Å²) in [6.07, 6.45) is 1.51. The van der Waals surface area contributed by atoms with Crippen molar-refractivity contribution in [2.75, 3.05) is 13.4 Å². The Balaban J connectivity index is 0.000000445. The number of carbonyl (C=O) groups is 1. The molecule has 0 bridgehead atoms. The quantitative estimate of drug-likeness (QED) is 0.171. The number of methoxy groups -OCH3 is 1. The molecular weight excluding hydrogens is 417 g/mol. The zero-order chi connectivity index (χ0) is 20.8. The molecule has 27 heavy (non-hydrogen) atoms. The van der Waals surface area contributed by atoms with Crippen molar-refractivity contribution in [2.24, 2.45) is 0 Å². The summed E-state index contributed by atoms with van der Waals surface area (Å²) in [6.45, 7) is 0. The van der Waals surface area contributed by atoms with Gasteiger partial charge in [-0.2, -0.15) is 0 Å². The second-order valence-corrected chi connectivity index (χ2v) is 9.20. The van der Waals surface area contributed by atoms with E-state index in [2.05, 4.69) is 35.3 Å². The molecule has 11 heteroatoms. The maximum absolute atomic E-state index is 11.0. The third kappa shape index (κ3) is 13.0. The number of benzene rings is 2. The predicted molar refractivity (Wildman–Crippen MR) is 94.7 cm³/mol. The van der Waals surface area contributed by atoms with Crippen molar-refractivity contribution in [2.45, 2.75) is 10.6 Å². The van der Waals surface area contributed by atoms with E-state index in [9.17, 15) is 30.0 Å². The summed E-state index contributed by atoms with van der Waals surface area (Å²) in [5, 5.41) is 0. The third-order valence-electron chi connectivity index (χ3n) is 2.82. The van der Waals surface area contributed by atoms with Gasteiger partial charge in [0, 0.05) is 16.5 Å². The van der Waals surface area contributed by atoms with Gasteiger partial charge in [0.05, 0.1) is 7.11 Å². The Morgan fingerprint density at radius 2 is 1.41 bits per heavy atom. The van der Waals surface area contributed by atoms with Crippen molar-refractivity contribution in [1.82, 2.24) is 0 Å². The van der Waals surface area contributed by atoms with Crippen LogP contribution in [-0.2, 0) is 21.4 Å². The van der Waals surface area contributed by atoms with Gasteiger partial charge in [0.1, 0.15) is 17.8 Å². The molecule has 0 aliphatic carbocycles. The molecule has 0 aromatic heterocycles. The summed E-state index contributed by atoms with van der Waals surface area (Å²) >= 11 is 0. The molecule has 3 nitrogen and oxygen atoms in total. The zero-order valence-corrected chi connectivity index (χ0v) is 16.0. The third-order valence-corrected chi connectivity index (χ3v) is 4.66. The molecule has 1 atom stereocenters. The zero-order valence-electron chi connectivity index (χ0n) is 14.3. The number of hydrogen-bond donors (Lipinski definition) is 0. The van der Waals surface area contributed by atoms with E-state index in [1.54, 1.807) is 12.1 Å². The fraction of sp³-hybridized carbons (Fsp3) is 0.188. The first kappa shape index (κ1) is 23.1. The Labute approximate surface area is 154 Å². The van der Waals surface area contributed by atoms with E-state index in [1.807, 2.05) is 18.2 Å².